The van der Waals surface area contributed by atoms with E-state index in [1.165, 1.54) is 6.07 Å². The highest BCUT2D eigenvalue weighted by Crippen LogP contribution is 2.28. The fourth-order valence-electron chi connectivity index (χ4n) is 2.67. The first kappa shape index (κ1) is 14.3. The lowest BCUT2D eigenvalue weighted by Gasteiger charge is -2.18. The van der Waals surface area contributed by atoms with Crippen LogP contribution >= 0.6 is 15.9 Å². The Balaban J connectivity index is 1.65. The summed E-state index contributed by atoms with van der Waals surface area (Å²) in [5, 5.41) is 0. The number of nitrogens with zero attached hydrogens (tertiary/aromatic N) is 1. The summed E-state index contributed by atoms with van der Waals surface area (Å²) >= 11 is 3.36. The Kier molecular flexibility index (Phi) is 4.06. The quantitative estimate of drug-likeness (QED) is 0.771. The number of fused-ring (bicyclic) bond motifs is 1. The van der Waals surface area contributed by atoms with Crippen molar-refractivity contribution < 1.29 is 9.18 Å². The molecular formula is C17H15BrFNO. The largest absolute Gasteiger partial charge is 0.370 e. The molecule has 21 heavy (non-hydrogen) atoms. The molecule has 0 atom stereocenters. The topological polar surface area (TPSA) is 20.3 Å². The molecule has 2 nitrogen and oxygen atoms in total. The van der Waals surface area contributed by atoms with Gasteiger partial charge < -0.3 is 4.90 Å². The molecule has 2 aromatic carbocycles. The first-order chi connectivity index (χ1) is 10.1. The van der Waals surface area contributed by atoms with Crippen molar-refractivity contribution in [3.05, 3.63) is 63.9 Å². The minimum absolute atomic E-state index is 0.118. The molecule has 0 aromatic heterocycles. The van der Waals surface area contributed by atoms with Gasteiger partial charge in [0.1, 0.15) is 5.82 Å². The molecule has 1 heterocycles. The van der Waals surface area contributed by atoms with Gasteiger partial charge in [-0.3, -0.25) is 4.79 Å². The van der Waals surface area contributed by atoms with E-state index in [1.807, 2.05) is 30.3 Å². The van der Waals surface area contributed by atoms with E-state index in [2.05, 4.69) is 20.8 Å². The van der Waals surface area contributed by atoms with E-state index in [0.717, 1.165) is 34.3 Å². The Morgan fingerprint density at radius 1 is 1.19 bits per heavy atom. The van der Waals surface area contributed by atoms with E-state index in [4.69, 9.17) is 0 Å². The second-order valence-electron chi connectivity index (χ2n) is 5.19. The number of anilines is 1. The van der Waals surface area contributed by atoms with Gasteiger partial charge in [0.2, 0.25) is 0 Å². The molecule has 0 N–H and O–H groups in total. The Morgan fingerprint density at radius 3 is 2.71 bits per heavy atom. The summed E-state index contributed by atoms with van der Waals surface area (Å²) in [6.07, 6.45) is 1.36. The van der Waals surface area contributed by atoms with E-state index in [9.17, 15) is 9.18 Å². The van der Waals surface area contributed by atoms with Crippen LogP contribution in [0.15, 0.2) is 46.9 Å². The highest BCUT2D eigenvalue weighted by molar-refractivity contribution is 9.10. The highest BCUT2D eigenvalue weighted by Gasteiger charge is 2.20. The van der Waals surface area contributed by atoms with Gasteiger partial charge in [0, 0.05) is 35.2 Å². The molecule has 0 saturated carbocycles. The standard InChI is InChI=1S/C17H15BrFNO/c18-14-4-1-13(2-5-14)17(21)8-10-20-9-7-12-3-6-15(19)11-16(12)20/h1-6,11H,7-10H2. The maximum atomic E-state index is 13.3. The van der Waals surface area contributed by atoms with Crippen LogP contribution in [-0.4, -0.2) is 18.9 Å². The van der Waals surface area contributed by atoms with Gasteiger partial charge in [-0.1, -0.05) is 34.1 Å². The Hall–Kier alpha value is -1.68. The lowest BCUT2D eigenvalue weighted by molar-refractivity contribution is 0.0984. The van der Waals surface area contributed by atoms with Gasteiger partial charge in [0.15, 0.2) is 5.78 Å². The zero-order valence-corrected chi connectivity index (χ0v) is 13.1. The molecule has 0 spiro atoms. The van der Waals surface area contributed by atoms with Crippen molar-refractivity contribution in [3.8, 4) is 0 Å². The number of carbonyl (C=O) groups excluding carboxylic acids is 1. The molecule has 0 radical (unpaired) electrons. The molecule has 0 fully saturated rings. The number of ketones is 1. The second kappa shape index (κ2) is 5.98. The van der Waals surface area contributed by atoms with E-state index in [-0.39, 0.29) is 11.6 Å². The summed E-state index contributed by atoms with van der Waals surface area (Å²) in [5.41, 5.74) is 2.81. The molecule has 0 unspecified atom stereocenters. The van der Waals surface area contributed by atoms with Crippen LogP contribution in [0, 0.1) is 5.82 Å². The minimum atomic E-state index is -0.222. The maximum Gasteiger partial charge on any atom is 0.164 e. The number of hydrogen-bond acceptors (Lipinski definition) is 2. The number of rotatable bonds is 4. The van der Waals surface area contributed by atoms with Crippen molar-refractivity contribution in [1.82, 2.24) is 0 Å². The number of hydrogen-bond donors (Lipinski definition) is 0. The van der Waals surface area contributed by atoms with Gasteiger partial charge in [-0.15, -0.1) is 0 Å². The molecule has 0 bridgehead atoms. The van der Waals surface area contributed by atoms with Crippen LogP contribution in [0.5, 0.6) is 0 Å². The van der Waals surface area contributed by atoms with Crippen LogP contribution in [-0.2, 0) is 6.42 Å². The average Bonchev–Trinajstić information content (AvgIpc) is 2.88. The maximum absolute atomic E-state index is 13.3. The third-order valence-corrected chi connectivity index (χ3v) is 4.34. The van der Waals surface area contributed by atoms with Crippen molar-refractivity contribution in [3.63, 3.8) is 0 Å². The summed E-state index contributed by atoms with van der Waals surface area (Å²) < 4.78 is 14.3. The van der Waals surface area contributed by atoms with Gasteiger partial charge in [-0.05, 0) is 36.2 Å². The Morgan fingerprint density at radius 2 is 1.95 bits per heavy atom. The number of benzene rings is 2. The molecular weight excluding hydrogens is 333 g/mol. The van der Waals surface area contributed by atoms with Crippen molar-refractivity contribution in [2.24, 2.45) is 0 Å². The van der Waals surface area contributed by atoms with Crippen molar-refractivity contribution in [1.29, 1.82) is 0 Å². The monoisotopic (exact) mass is 347 g/mol. The third kappa shape index (κ3) is 3.16. The zero-order valence-electron chi connectivity index (χ0n) is 11.5. The zero-order chi connectivity index (χ0) is 14.8. The minimum Gasteiger partial charge on any atom is -0.370 e. The van der Waals surface area contributed by atoms with Gasteiger partial charge >= 0.3 is 0 Å². The van der Waals surface area contributed by atoms with Crippen LogP contribution in [0.4, 0.5) is 10.1 Å². The van der Waals surface area contributed by atoms with Gasteiger partial charge in [-0.2, -0.15) is 0 Å². The average molecular weight is 348 g/mol. The Bertz CT molecular complexity index is 669. The highest BCUT2D eigenvalue weighted by atomic mass is 79.9. The van der Waals surface area contributed by atoms with Crippen LogP contribution in [0.1, 0.15) is 22.3 Å². The van der Waals surface area contributed by atoms with Crippen LogP contribution in [0.25, 0.3) is 0 Å². The second-order valence-corrected chi connectivity index (χ2v) is 6.11. The lowest BCUT2D eigenvalue weighted by Crippen LogP contribution is -2.24. The Labute approximate surface area is 131 Å². The van der Waals surface area contributed by atoms with E-state index in [0.29, 0.717) is 13.0 Å². The molecule has 0 aliphatic carbocycles. The molecule has 1 aliphatic heterocycles. The van der Waals surface area contributed by atoms with Crippen LogP contribution in [0.3, 0.4) is 0 Å². The molecule has 4 heteroatoms. The van der Waals surface area contributed by atoms with E-state index < -0.39 is 0 Å². The predicted molar refractivity (Wildman–Crippen MR) is 85.4 cm³/mol. The summed E-state index contributed by atoms with van der Waals surface area (Å²) in [5.74, 6) is -0.104. The van der Waals surface area contributed by atoms with E-state index >= 15 is 0 Å². The first-order valence-electron chi connectivity index (χ1n) is 6.95. The van der Waals surface area contributed by atoms with Crippen molar-refractivity contribution in [2.45, 2.75) is 12.8 Å². The van der Waals surface area contributed by atoms with Crippen molar-refractivity contribution >= 4 is 27.4 Å². The predicted octanol–water partition coefficient (Wildman–Crippen LogP) is 4.22. The molecule has 108 valence electrons. The molecule has 0 saturated heterocycles. The molecule has 0 amide bonds. The normalized spacial score (nSPS) is 13.3. The lowest BCUT2D eigenvalue weighted by atomic mass is 10.1. The van der Waals surface area contributed by atoms with Crippen LogP contribution in [0.2, 0.25) is 0 Å². The number of Topliss-reactive ketones (excluding diaryl/α,β-unsaturated/α-hetero) is 1. The summed E-state index contributed by atoms with van der Waals surface area (Å²) in [7, 11) is 0. The van der Waals surface area contributed by atoms with E-state index in [1.54, 1.807) is 6.07 Å². The first-order valence-corrected chi connectivity index (χ1v) is 7.75. The molecule has 2 aromatic rings. The SMILES string of the molecule is O=C(CCN1CCc2ccc(F)cc21)c1ccc(Br)cc1. The van der Waals surface area contributed by atoms with Crippen molar-refractivity contribution in [2.75, 3.05) is 18.0 Å². The van der Waals surface area contributed by atoms with Gasteiger partial charge in [-0.25, -0.2) is 4.39 Å². The van der Waals surface area contributed by atoms with Gasteiger partial charge in [0.25, 0.3) is 0 Å². The summed E-state index contributed by atoms with van der Waals surface area (Å²) in [6, 6.07) is 12.3. The third-order valence-electron chi connectivity index (χ3n) is 3.81. The van der Waals surface area contributed by atoms with Crippen LogP contribution < -0.4 is 4.90 Å². The molecule has 3 rings (SSSR count). The molecule has 1 aliphatic rings. The fraction of sp³-hybridized carbons (Fsp3) is 0.235. The smallest absolute Gasteiger partial charge is 0.164 e. The van der Waals surface area contributed by atoms with Gasteiger partial charge in [0.05, 0.1) is 0 Å². The number of halogens is 2. The summed E-state index contributed by atoms with van der Waals surface area (Å²) in [4.78, 5) is 14.3. The number of carbonyl (C=O) groups is 1. The summed E-state index contributed by atoms with van der Waals surface area (Å²) in [6.45, 7) is 1.48. The fourth-order valence-corrected chi connectivity index (χ4v) is 2.93.